The van der Waals surface area contributed by atoms with Crippen LogP contribution in [0.2, 0.25) is 0 Å². The lowest BCUT2D eigenvalue weighted by atomic mass is 9.95. The zero-order valence-electron chi connectivity index (χ0n) is 9.18. The molecule has 84 valence electrons. The number of benzene rings is 1. The minimum Gasteiger partial charge on any atom is -0.435 e. The van der Waals surface area contributed by atoms with Crippen molar-refractivity contribution in [2.45, 2.75) is 13.3 Å². The van der Waals surface area contributed by atoms with E-state index < -0.39 is 11.9 Å². The smallest absolute Gasteiger partial charge is 0.321 e. The van der Waals surface area contributed by atoms with E-state index in [1.165, 1.54) is 0 Å². The molecule has 0 fully saturated rings. The van der Waals surface area contributed by atoms with Gasteiger partial charge in [0.1, 0.15) is 5.92 Å². The van der Waals surface area contributed by atoms with Crippen LogP contribution in [0.3, 0.4) is 0 Å². The Morgan fingerprint density at radius 1 is 1.38 bits per heavy atom. The molecule has 0 aliphatic rings. The second-order valence-electron chi connectivity index (χ2n) is 3.29. The second kappa shape index (κ2) is 5.85. The maximum atomic E-state index is 12.0. The largest absolute Gasteiger partial charge is 0.435 e. The minimum atomic E-state index is -0.750. The number of ether oxygens (including phenoxy) is 1. The summed E-state index contributed by atoms with van der Waals surface area (Å²) >= 11 is 0. The van der Waals surface area contributed by atoms with Gasteiger partial charge in [0.2, 0.25) is 0 Å². The van der Waals surface area contributed by atoms with Crippen molar-refractivity contribution in [2.24, 2.45) is 5.92 Å². The van der Waals surface area contributed by atoms with Crippen molar-refractivity contribution in [3.05, 3.63) is 48.7 Å². The Hall–Kier alpha value is -1.90. The molecule has 0 radical (unpaired) electrons. The van der Waals surface area contributed by atoms with E-state index in [0.29, 0.717) is 12.0 Å². The zero-order chi connectivity index (χ0) is 12.0. The molecule has 0 bridgehead atoms. The molecule has 0 saturated carbocycles. The highest BCUT2D eigenvalue weighted by Gasteiger charge is 2.26. The van der Waals surface area contributed by atoms with E-state index in [1.807, 2.05) is 6.07 Å². The third-order valence-corrected chi connectivity index (χ3v) is 2.27. The number of hydrogen-bond acceptors (Lipinski definition) is 3. The van der Waals surface area contributed by atoms with Gasteiger partial charge in [-0.05, 0) is 6.42 Å². The molecule has 0 saturated heterocycles. The van der Waals surface area contributed by atoms with E-state index in [0.717, 1.165) is 6.26 Å². The standard InChI is InChI=1S/C13H14O3/c1-3-11(13(15)16-4-2)12(14)10-8-6-5-7-9-10/h4-9,11H,2-3H2,1H3. The van der Waals surface area contributed by atoms with Crippen LogP contribution in [0, 0.1) is 5.92 Å². The number of hydrogen-bond donors (Lipinski definition) is 0. The predicted octanol–water partition coefficient (Wildman–Crippen LogP) is 2.58. The maximum absolute atomic E-state index is 12.0. The quantitative estimate of drug-likeness (QED) is 0.330. The van der Waals surface area contributed by atoms with E-state index in [-0.39, 0.29) is 5.78 Å². The van der Waals surface area contributed by atoms with Gasteiger partial charge in [0.05, 0.1) is 6.26 Å². The summed E-state index contributed by atoms with van der Waals surface area (Å²) in [4.78, 5) is 23.4. The molecule has 0 amide bonds. The molecule has 0 aromatic heterocycles. The molecule has 3 nitrogen and oxygen atoms in total. The van der Waals surface area contributed by atoms with Gasteiger partial charge in [-0.2, -0.15) is 0 Å². The van der Waals surface area contributed by atoms with Crippen LogP contribution in [0.1, 0.15) is 23.7 Å². The molecule has 0 spiro atoms. The van der Waals surface area contributed by atoms with Crippen LogP contribution in [-0.2, 0) is 9.53 Å². The van der Waals surface area contributed by atoms with Crippen molar-refractivity contribution in [3.63, 3.8) is 0 Å². The summed E-state index contributed by atoms with van der Waals surface area (Å²) in [5.41, 5.74) is 0.523. The lowest BCUT2D eigenvalue weighted by Gasteiger charge is -2.10. The molecule has 0 heterocycles. The molecule has 1 rings (SSSR count). The number of ketones is 1. The van der Waals surface area contributed by atoms with Gasteiger partial charge < -0.3 is 4.74 Å². The lowest BCUT2D eigenvalue weighted by Crippen LogP contribution is -2.24. The van der Waals surface area contributed by atoms with E-state index in [4.69, 9.17) is 0 Å². The number of Topliss-reactive ketones (excluding diaryl/α,β-unsaturated/α-hetero) is 1. The summed E-state index contributed by atoms with van der Waals surface area (Å²) in [5, 5.41) is 0. The first-order chi connectivity index (χ1) is 7.70. The predicted molar refractivity (Wildman–Crippen MR) is 60.8 cm³/mol. The third-order valence-electron chi connectivity index (χ3n) is 2.27. The van der Waals surface area contributed by atoms with Gasteiger partial charge in [-0.3, -0.25) is 9.59 Å². The number of carbonyl (C=O) groups excluding carboxylic acids is 2. The first-order valence-corrected chi connectivity index (χ1v) is 5.11. The molecule has 16 heavy (non-hydrogen) atoms. The van der Waals surface area contributed by atoms with Crippen LogP contribution in [0.4, 0.5) is 0 Å². The lowest BCUT2D eigenvalue weighted by molar-refractivity contribution is -0.141. The topological polar surface area (TPSA) is 43.4 Å². The summed E-state index contributed by atoms with van der Waals surface area (Å²) in [6.45, 7) is 5.07. The minimum absolute atomic E-state index is 0.213. The Morgan fingerprint density at radius 2 is 2.00 bits per heavy atom. The van der Waals surface area contributed by atoms with Gasteiger partial charge in [-0.25, -0.2) is 0 Å². The first-order valence-electron chi connectivity index (χ1n) is 5.11. The summed E-state index contributed by atoms with van der Waals surface area (Å²) < 4.78 is 4.64. The molecule has 1 atom stereocenters. The van der Waals surface area contributed by atoms with Gasteiger partial charge in [0, 0.05) is 5.56 Å². The van der Waals surface area contributed by atoms with Crippen molar-refractivity contribution in [1.82, 2.24) is 0 Å². The highest BCUT2D eigenvalue weighted by molar-refractivity contribution is 6.08. The van der Waals surface area contributed by atoms with Crippen LogP contribution in [0.15, 0.2) is 43.2 Å². The fourth-order valence-electron chi connectivity index (χ4n) is 1.43. The van der Waals surface area contributed by atoms with Crippen LogP contribution < -0.4 is 0 Å². The van der Waals surface area contributed by atoms with Crippen LogP contribution in [0.25, 0.3) is 0 Å². The monoisotopic (exact) mass is 218 g/mol. The van der Waals surface area contributed by atoms with Crippen molar-refractivity contribution >= 4 is 11.8 Å². The molecular weight excluding hydrogens is 204 g/mol. The van der Waals surface area contributed by atoms with Crippen molar-refractivity contribution in [1.29, 1.82) is 0 Å². The van der Waals surface area contributed by atoms with Crippen LogP contribution in [0.5, 0.6) is 0 Å². The third kappa shape index (κ3) is 2.79. The highest BCUT2D eigenvalue weighted by atomic mass is 16.5. The fourth-order valence-corrected chi connectivity index (χ4v) is 1.43. The van der Waals surface area contributed by atoms with Gasteiger partial charge >= 0.3 is 5.97 Å². The normalized spacial score (nSPS) is 11.6. The van der Waals surface area contributed by atoms with Crippen molar-refractivity contribution < 1.29 is 14.3 Å². The Labute approximate surface area is 94.7 Å². The summed E-state index contributed by atoms with van der Waals surface area (Å²) in [5.74, 6) is -1.51. The van der Waals surface area contributed by atoms with E-state index in [1.54, 1.807) is 31.2 Å². The maximum Gasteiger partial charge on any atom is 0.321 e. The number of rotatable bonds is 5. The number of carbonyl (C=O) groups is 2. The molecule has 1 aromatic carbocycles. The Kier molecular flexibility index (Phi) is 4.45. The Bertz CT molecular complexity index is 381. The molecule has 0 aliphatic carbocycles. The van der Waals surface area contributed by atoms with E-state index in [9.17, 15) is 9.59 Å². The summed E-state index contributed by atoms with van der Waals surface area (Å²) in [6.07, 6.45) is 1.46. The number of esters is 1. The van der Waals surface area contributed by atoms with E-state index >= 15 is 0 Å². The molecule has 3 heteroatoms. The van der Waals surface area contributed by atoms with E-state index in [2.05, 4.69) is 11.3 Å². The van der Waals surface area contributed by atoms with Gasteiger partial charge in [0.15, 0.2) is 5.78 Å². The van der Waals surface area contributed by atoms with Gasteiger partial charge in [-0.1, -0.05) is 43.8 Å². The average molecular weight is 218 g/mol. The van der Waals surface area contributed by atoms with Crippen LogP contribution >= 0.6 is 0 Å². The first kappa shape index (κ1) is 12.2. The van der Waals surface area contributed by atoms with Crippen molar-refractivity contribution in [2.75, 3.05) is 0 Å². The van der Waals surface area contributed by atoms with Crippen LogP contribution in [-0.4, -0.2) is 11.8 Å². The van der Waals surface area contributed by atoms with Gasteiger partial charge in [-0.15, -0.1) is 0 Å². The summed E-state index contributed by atoms with van der Waals surface area (Å²) in [7, 11) is 0. The SMILES string of the molecule is C=COC(=O)C(CC)C(=O)c1ccccc1. The fraction of sp³-hybridized carbons (Fsp3) is 0.231. The van der Waals surface area contributed by atoms with Crippen molar-refractivity contribution in [3.8, 4) is 0 Å². The molecule has 0 aliphatic heterocycles. The average Bonchev–Trinajstić information content (AvgIpc) is 2.31. The Morgan fingerprint density at radius 3 is 2.50 bits per heavy atom. The highest BCUT2D eigenvalue weighted by Crippen LogP contribution is 2.14. The molecule has 1 aromatic rings. The Balaban J connectivity index is 2.86. The summed E-state index contributed by atoms with van der Waals surface area (Å²) in [6, 6.07) is 8.72. The second-order valence-corrected chi connectivity index (χ2v) is 3.29. The molecule has 1 unspecified atom stereocenters. The van der Waals surface area contributed by atoms with Gasteiger partial charge in [0.25, 0.3) is 0 Å². The molecular formula is C13H14O3. The molecule has 0 N–H and O–H groups in total. The zero-order valence-corrected chi connectivity index (χ0v) is 9.18.